The molecule has 1 fully saturated rings. The Bertz CT molecular complexity index is 1220. The largest absolute Gasteiger partial charge is 0.343 e. The van der Waals surface area contributed by atoms with E-state index in [-0.39, 0.29) is 36.6 Å². The molecule has 6 heteroatoms. The van der Waals surface area contributed by atoms with Crippen molar-refractivity contribution in [1.82, 2.24) is 9.80 Å². The number of piperidine rings is 1. The number of Topliss-reactive ketones (excluding diaryl/α,β-unsaturated/α-hetero) is 1. The van der Waals surface area contributed by atoms with Crippen LogP contribution in [0.3, 0.4) is 0 Å². The number of ketones is 1. The molecule has 6 nitrogen and oxygen atoms in total. The number of amides is 3. The summed E-state index contributed by atoms with van der Waals surface area (Å²) in [5.74, 6) is -0.0114. The van der Waals surface area contributed by atoms with Crippen molar-refractivity contribution < 1.29 is 14.4 Å². The Labute approximate surface area is 205 Å². The van der Waals surface area contributed by atoms with Crippen LogP contribution < -0.4 is 5.32 Å². The number of urea groups is 1. The minimum absolute atomic E-state index is 0.00569. The number of nitrogens with zero attached hydrogens (tertiary/aromatic N) is 2. The van der Waals surface area contributed by atoms with Gasteiger partial charge in [-0.05, 0) is 35.6 Å². The number of fused-ring (bicyclic) bond motifs is 1. The van der Waals surface area contributed by atoms with Crippen molar-refractivity contribution in [3.63, 3.8) is 0 Å². The number of likely N-dealkylation sites (tertiary alicyclic amines) is 1. The molecule has 2 aliphatic heterocycles. The van der Waals surface area contributed by atoms with Crippen LogP contribution in [-0.2, 0) is 11.3 Å². The van der Waals surface area contributed by atoms with Gasteiger partial charge in [0.15, 0.2) is 5.78 Å². The predicted molar refractivity (Wildman–Crippen MR) is 136 cm³/mol. The van der Waals surface area contributed by atoms with Crippen LogP contribution in [0.5, 0.6) is 0 Å². The summed E-state index contributed by atoms with van der Waals surface area (Å²) >= 11 is 0. The van der Waals surface area contributed by atoms with Crippen LogP contribution in [0.15, 0.2) is 78.9 Å². The van der Waals surface area contributed by atoms with Gasteiger partial charge in [-0.3, -0.25) is 9.59 Å². The first-order chi connectivity index (χ1) is 17.1. The Morgan fingerprint density at radius 1 is 0.800 bits per heavy atom. The van der Waals surface area contributed by atoms with Gasteiger partial charge in [0.2, 0.25) is 5.91 Å². The van der Waals surface area contributed by atoms with Crippen molar-refractivity contribution in [2.75, 3.05) is 18.4 Å². The number of rotatable bonds is 6. The van der Waals surface area contributed by atoms with Crippen molar-refractivity contribution >= 4 is 23.4 Å². The van der Waals surface area contributed by atoms with Gasteiger partial charge in [0.25, 0.3) is 0 Å². The average Bonchev–Trinajstić information content (AvgIpc) is 2.92. The van der Waals surface area contributed by atoms with Gasteiger partial charge in [-0.25, -0.2) is 4.79 Å². The number of benzene rings is 3. The molecule has 0 spiro atoms. The first-order valence-corrected chi connectivity index (χ1v) is 12.2. The van der Waals surface area contributed by atoms with E-state index in [1.54, 1.807) is 0 Å². The highest BCUT2D eigenvalue weighted by Gasteiger charge is 2.32. The molecular formula is C29H29N3O3. The number of nitrogens with one attached hydrogen (secondary N) is 1. The Kier molecular flexibility index (Phi) is 6.62. The van der Waals surface area contributed by atoms with Crippen LogP contribution >= 0.6 is 0 Å². The molecule has 0 saturated carbocycles. The molecule has 2 heterocycles. The van der Waals surface area contributed by atoms with Crippen molar-refractivity contribution in [2.24, 2.45) is 0 Å². The molecule has 1 saturated heterocycles. The van der Waals surface area contributed by atoms with Crippen molar-refractivity contribution in [2.45, 2.75) is 38.3 Å². The molecule has 3 aromatic rings. The zero-order chi connectivity index (χ0) is 24.2. The lowest BCUT2D eigenvalue weighted by molar-refractivity contribution is -0.132. The Morgan fingerprint density at radius 3 is 2.20 bits per heavy atom. The summed E-state index contributed by atoms with van der Waals surface area (Å²) in [6.45, 7) is 1.81. The van der Waals surface area contributed by atoms with Crippen LogP contribution in [0, 0.1) is 0 Å². The maximum Gasteiger partial charge on any atom is 0.322 e. The van der Waals surface area contributed by atoms with E-state index < -0.39 is 0 Å². The van der Waals surface area contributed by atoms with E-state index in [2.05, 4.69) is 5.32 Å². The molecular weight excluding hydrogens is 438 g/mol. The lowest BCUT2D eigenvalue weighted by Gasteiger charge is -2.40. The van der Waals surface area contributed by atoms with Gasteiger partial charge in [0, 0.05) is 49.8 Å². The fourth-order valence-corrected chi connectivity index (χ4v) is 4.95. The third-order valence-electron chi connectivity index (χ3n) is 7.00. The highest BCUT2D eigenvalue weighted by molar-refractivity contribution is 5.98. The van der Waals surface area contributed by atoms with Gasteiger partial charge in [-0.2, -0.15) is 0 Å². The average molecular weight is 468 g/mol. The van der Waals surface area contributed by atoms with Crippen molar-refractivity contribution in [3.05, 3.63) is 90.0 Å². The quantitative estimate of drug-likeness (QED) is 0.497. The lowest BCUT2D eigenvalue weighted by atomic mass is 9.99. The van der Waals surface area contributed by atoms with E-state index in [1.807, 2.05) is 88.7 Å². The summed E-state index contributed by atoms with van der Waals surface area (Å²) in [6, 6.07) is 25.5. The molecule has 3 amide bonds. The number of carbonyl (C=O) groups excluding carboxylic acids is 3. The maximum atomic E-state index is 12.8. The zero-order valence-electron chi connectivity index (χ0n) is 19.7. The minimum Gasteiger partial charge on any atom is -0.343 e. The SMILES string of the molecule is O=C(CCC(=O)N1CCC(N2Cc3ccccc3NC2=O)CC1)c1ccc(-c2ccccc2)cc1. The first-order valence-electron chi connectivity index (χ1n) is 12.2. The van der Waals surface area contributed by atoms with Gasteiger partial charge in [-0.1, -0.05) is 72.8 Å². The molecule has 0 aliphatic carbocycles. The van der Waals surface area contributed by atoms with Crippen LogP contribution in [0.2, 0.25) is 0 Å². The first kappa shape index (κ1) is 22.8. The molecule has 0 radical (unpaired) electrons. The van der Waals surface area contributed by atoms with Gasteiger partial charge < -0.3 is 15.1 Å². The second-order valence-electron chi connectivity index (χ2n) is 9.19. The van der Waals surface area contributed by atoms with E-state index >= 15 is 0 Å². The Balaban J connectivity index is 1.10. The molecule has 0 aromatic heterocycles. The fraction of sp³-hybridized carbons (Fsp3) is 0.276. The second kappa shape index (κ2) is 10.1. The molecule has 3 aromatic carbocycles. The monoisotopic (exact) mass is 467 g/mol. The highest BCUT2D eigenvalue weighted by atomic mass is 16.2. The second-order valence-corrected chi connectivity index (χ2v) is 9.19. The van der Waals surface area contributed by atoms with E-state index in [9.17, 15) is 14.4 Å². The Morgan fingerprint density at radius 2 is 1.46 bits per heavy atom. The zero-order valence-corrected chi connectivity index (χ0v) is 19.7. The lowest BCUT2D eigenvalue weighted by Crippen LogP contribution is -2.51. The minimum atomic E-state index is -0.0719. The smallest absolute Gasteiger partial charge is 0.322 e. The predicted octanol–water partition coefficient (Wildman–Crippen LogP) is 5.36. The molecule has 0 unspecified atom stereocenters. The summed E-state index contributed by atoms with van der Waals surface area (Å²) in [4.78, 5) is 41.7. The third kappa shape index (κ3) is 5.11. The van der Waals surface area contributed by atoms with Crippen molar-refractivity contribution in [3.8, 4) is 11.1 Å². The van der Waals surface area contributed by atoms with Crippen LogP contribution in [-0.4, -0.2) is 46.7 Å². The van der Waals surface area contributed by atoms with Crippen molar-refractivity contribution in [1.29, 1.82) is 0 Å². The number of hydrogen-bond acceptors (Lipinski definition) is 3. The Hall–Kier alpha value is -3.93. The third-order valence-corrected chi connectivity index (χ3v) is 7.00. The summed E-state index contributed by atoms with van der Waals surface area (Å²) in [5.41, 5.74) is 4.79. The number of carbonyl (C=O) groups is 3. The summed E-state index contributed by atoms with van der Waals surface area (Å²) < 4.78 is 0. The molecule has 5 rings (SSSR count). The topological polar surface area (TPSA) is 69.7 Å². The van der Waals surface area contributed by atoms with Gasteiger partial charge in [0.05, 0.1) is 0 Å². The number of para-hydroxylation sites is 1. The van der Waals surface area contributed by atoms with Gasteiger partial charge in [-0.15, -0.1) is 0 Å². The molecule has 35 heavy (non-hydrogen) atoms. The standard InChI is InChI=1S/C29H29N3O3/c33-27(23-12-10-22(11-13-23)21-6-2-1-3-7-21)14-15-28(34)31-18-16-25(17-19-31)32-20-24-8-4-5-9-26(24)30-29(32)35/h1-13,25H,14-20H2,(H,30,35). The molecule has 0 bridgehead atoms. The normalized spacial score (nSPS) is 15.9. The van der Waals surface area contributed by atoms with E-state index in [0.29, 0.717) is 25.2 Å². The van der Waals surface area contributed by atoms with E-state index in [4.69, 9.17) is 0 Å². The fourth-order valence-electron chi connectivity index (χ4n) is 4.95. The number of anilines is 1. The molecule has 178 valence electrons. The molecule has 0 atom stereocenters. The van der Waals surface area contributed by atoms with Gasteiger partial charge in [0.1, 0.15) is 0 Å². The van der Waals surface area contributed by atoms with Gasteiger partial charge >= 0.3 is 6.03 Å². The summed E-state index contributed by atoms with van der Waals surface area (Å²) in [5, 5.41) is 2.97. The van der Waals surface area contributed by atoms with Crippen LogP contribution in [0.4, 0.5) is 10.5 Å². The number of hydrogen-bond donors (Lipinski definition) is 1. The van der Waals surface area contributed by atoms with Crippen LogP contribution in [0.1, 0.15) is 41.6 Å². The van der Waals surface area contributed by atoms with E-state index in [1.165, 1.54) is 0 Å². The molecule has 2 aliphatic rings. The van der Waals surface area contributed by atoms with Crippen LogP contribution in [0.25, 0.3) is 11.1 Å². The maximum absolute atomic E-state index is 12.8. The van der Waals surface area contributed by atoms with E-state index in [0.717, 1.165) is 35.2 Å². The summed E-state index contributed by atoms with van der Waals surface area (Å²) in [7, 11) is 0. The molecule has 1 N–H and O–H groups in total. The highest BCUT2D eigenvalue weighted by Crippen LogP contribution is 2.28. The summed E-state index contributed by atoms with van der Waals surface area (Å²) in [6.07, 6.45) is 1.91.